The van der Waals surface area contributed by atoms with Crippen molar-refractivity contribution in [3.8, 4) is 23.7 Å². The summed E-state index contributed by atoms with van der Waals surface area (Å²) in [5.41, 5.74) is 5.94. The summed E-state index contributed by atoms with van der Waals surface area (Å²) in [6.45, 7) is 4.24. The first-order chi connectivity index (χ1) is 19.2. The fourth-order valence-electron chi connectivity index (χ4n) is 4.63. The van der Waals surface area contributed by atoms with Crippen LogP contribution in [0.25, 0.3) is 10.8 Å². The lowest BCUT2D eigenvalue weighted by Crippen LogP contribution is -1.92. The molecule has 0 aliphatic rings. The fourth-order valence-corrected chi connectivity index (χ4v) is 4.63. The van der Waals surface area contributed by atoms with Crippen molar-refractivity contribution in [1.29, 1.82) is 0 Å². The Hall–Kier alpha value is -4.07. The Morgan fingerprint density at radius 2 is 1.23 bits per heavy atom. The number of halogens is 1. The van der Waals surface area contributed by atoms with Crippen LogP contribution in [0.4, 0.5) is 4.39 Å². The molecule has 0 radical (unpaired) electrons. The van der Waals surface area contributed by atoms with E-state index in [0.29, 0.717) is 11.8 Å². The number of allylic oxidation sites excluding steroid dienone is 2. The van der Waals surface area contributed by atoms with E-state index < -0.39 is 0 Å². The molecule has 0 saturated heterocycles. The summed E-state index contributed by atoms with van der Waals surface area (Å²) in [6.07, 6.45) is 13.3. The van der Waals surface area contributed by atoms with Gasteiger partial charge < -0.3 is 0 Å². The Bertz CT molecular complexity index is 1510. The maximum absolute atomic E-state index is 14.9. The van der Waals surface area contributed by atoms with Gasteiger partial charge >= 0.3 is 0 Å². The minimum Gasteiger partial charge on any atom is -0.206 e. The van der Waals surface area contributed by atoms with Crippen LogP contribution in [0, 0.1) is 29.5 Å². The third kappa shape index (κ3) is 8.46. The van der Waals surface area contributed by atoms with E-state index in [4.69, 9.17) is 0 Å². The Labute approximate surface area is 234 Å². The maximum Gasteiger partial charge on any atom is 0.134 e. The highest BCUT2D eigenvalue weighted by Crippen LogP contribution is 2.23. The fraction of sp³-hybridized carbons (Fsp3) is 0.263. The average molecular weight is 513 g/mol. The van der Waals surface area contributed by atoms with Gasteiger partial charge in [-0.2, -0.15) is 0 Å². The van der Waals surface area contributed by atoms with Crippen LogP contribution in [0.1, 0.15) is 85.8 Å². The minimum absolute atomic E-state index is 0.123. The quantitative estimate of drug-likeness (QED) is 0.119. The van der Waals surface area contributed by atoms with Crippen molar-refractivity contribution in [2.24, 2.45) is 0 Å². The predicted molar refractivity (Wildman–Crippen MR) is 164 cm³/mol. The van der Waals surface area contributed by atoms with E-state index >= 15 is 0 Å². The zero-order valence-corrected chi connectivity index (χ0v) is 23.2. The van der Waals surface area contributed by atoms with Gasteiger partial charge in [-0.05, 0) is 97.7 Å². The SMILES string of the molecule is C/C=C/CCc1ccc2cc(C#Cc3ccc(C#Cc4ccc(CCCCCCC)cc4)cc3)ccc2c1F. The lowest BCUT2D eigenvalue weighted by molar-refractivity contribution is 0.621. The van der Waals surface area contributed by atoms with Gasteiger partial charge in [0.15, 0.2) is 0 Å². The van der Waals surface area contributed by atoms with Crippen molar-refractivity contribution in [3.05, 3.63) is 130 Å². The van der Waals surface area contributed by atoms with Gasteiger partial charge in [-0.3, -0.25) is 0 Å². The Kier molecular flexibility index (Phi) is 10.6. The summed E-state index contributed by atoms with van der Waals surface area (Å²) in [4.78, 5) is 0. The normalized spacial score (nSPS) is 10.7. The van der Waals surface area contributed by atoms with Crippen molar-refractivity contribution in [1.82, 2.24) is 0 Å². The molecule has 39 heavy (non-hydrogen) atoms. The van der Waals surface area contributed by atoms with Crippen molar-refractivity contribution in [3.63, 3.8) is 0 Å². The smallest absolute Gasteiger partial charge is 0.134 e. The third-order valence-electron chi connectivity index (χ3n) is 6.96. The van der Waals surface area contributed by atoms with Gasteiger partial charge in [0.05, 0.1) is 0 Å². The number of hydrogen-bond acceptors (Lipinski definition) is 0. The zero-order valence-electron chi connectivity index (χ0n) is 23.2. The monoisotopic (exact) mass is 512 g/mol. The molecule has 196 valence electrons. The summed E-state index contributed by atoms with van der Waals surface area (Å²) < 4.78 is 14.9. The summed E-state index contributed by atoms with van der Waals surface area (Å²) in [6, 6.07) is 26.2. The molecule has 4 aromatic rings. The molecule has 0 atom stereocenters. The molecule has 0 aromatic heterocycles. The lowest BCUT2D eigenvalue weighted by Gasteiger charge is -2.06. The van der Waals surface area contributed by atoms with Crippen LogP contribution in [-0.2, 0) is 12.8 Å². The summed E-state index contributed by atoms with van der Waals surface area (Å²) in [7, 11) is 0. The minimum atomic E-state index is -0.123. The summed E-state index contributed by atoms with van der Waals surface area (Å²) in [5, 5.41) is 1.53. The van der Waals surface area contributed by atoms with E-state index in [9.17, 15) is 4.39 Å². The number of benzene rings is 4. The van der Waals surface area contributed by atoms with Gasteiger partial charge in [0, 0.05) is 27.6 Å². The molecule has 4 rings (SSSR count). The van der Waals surface area contributed by atoms with Crippen LogP contribution in [-0.4, -0.2) is 0 Å². The highest BCUT2D eigenvalue weighted by molar-refractivity contribution is 5.85. The molecule has 0 amide bonds. The molecule has 0 aliphatic heterocycles. The number of fused-ring (bicyclic) bond motifs is 1. The molecule has 0 aliphatic carbocycles. The van der Waals surface area contributed by atoms with Gasteiger partial charge in [0.1, 0.15) is 5.82 Å². The predicted octanol–water partition coefficient (Wildman–Crippen LogP) is 9.80. The highest BCUT2D eigenvalue weighted by atomic mass is 19.1. The van der Waals surface area contributed by atoms with Gasteiger partial charge in [-0.15, -0.1) is 0 Å². The topological polar surface area (TPSA) is 0 Å². The molecule has 4 aromatic carbocycles. The molecule has 0 spiro atoms. The van der Waals surface area contributed by atoms with E-state index in [0.717, 1.165) is 46.0 Å². The molecular weight excluding hydrogens is 475 g/mol. The summed E-state index contributed by atoms with van der Waals surface area (Å²) in [5.74, 6) is 12.8. The van der Waals surface area contributed by atoms with Gasteiger partial charge in [-0.25, -0.2) is 4.39 Å². The Morgan fingerprint density at radius 1 is 0.641 bits per heavy atom. The van der Waals surface area contributed by atoms with E-state index in [2.05, 4.69) is 60.9 Å². The van der Waals surface area contributed by atoms with Crippen molar-refractivity contribution < 1.29 is 4.39 Å². The average Bonchev–Trinajstić information content (AvgIpc) is 2.97. The van der Waals surface area contributed by atoms with Crippen LogP contribution < -0.4 is 0 Å². The Balaban J connectivity index is 1.36. The standard InChI is InChI=1S/C38H37F/c1-3-5-7-8-10-11-30-13-15-31(16-14-30)17-18-32-19-21-33(22-20-32)23-24-34-25-28-37-36(29-34)27-26-35(38(37)39)12-9-6-4-2/h4,6,13-16,19-22,25-29H,3,5,7-12H2,1-2H3/b6-4+. The van der Waals surface area contributed by atoms with Gasteiger partial charge in [0.25, 0.3) is 0 Å². The molecule has 0 heterocycles. The molecule has 0 N–H and O–H groups in total. The third-order valence-corrected chi connectivity index (χ3v) is 6.96. The maximum atomic E-state index is 14.9. The van der Waals surface area contributed by atoms with Gasteiger partial charge in [0.2, 0.25) is 0 Å². The van der Waals surface area contributed by atoms with Gasteiger partial charge in [-0.1, -0.05) is 98.8 Å². The second-order valence-electron chi connectivity index (χ2n) is 10.0. The molecular formula is C38H37F. The molecule has 0 saturated carbocycles. The van der Waals surface area contributed by atoms with E-state index in [-0.39, 0.29) is 5.82 Å². The first kappa shape index (κ1) is 28.0. The molecule has 1 heteroatoms. The summed E-state index contributed by atoms with van der Waals surface area (Å²) >= 11 is 0. The second-order valence-corrected chi connectivity index (χ2v) is 10.0. The number of aryl methyl sites for hydroxylation is 2. The number of hydrogen-bond donors (Lipinski definition) is 0. The lowest BCUT2D eigenvalue weighted by atomic mass is 10.0. The Morgan fingerprint density at radius 3 is 1.87 bits per heavy atom. The molecule has 0 fully saturated rings. The highest BCUT2D eigenvalue weighted by Gasteiger charge is 2.07. The van der Waals surface area contributed by atoms with E-state index in [1.54, 1.807) is 0 Å². The molecule has 0 unspecified atom stereocenters. The van der Waals surface area contributed by atoms with Crippen LogP contribution in [0.15, 0.2) is 91.0 Å². The zero-order chi connectivity index (χ0) is 27.3. The second kappa shape index (κ2) is 14.8. The van der Waals surface area contributed by atoms with E-state index in [1.807, 2.05) is 67.6 Å². The first-order valence-corrected chi connectivity index (χ1v) is 14.2. The molecule has 0 bridgehead atoms. The largest absolute Gasteiger partial charge is 0.206 e. The number of unbranched alkanes of at least 4 members (excludes halogenated alkanes) is 4. The molecule has 0 nitrogen and oxygen atoms in total. The van der Waals surface area contributed by atoms with Crippen molar-refractivity contribution in [2.75, 3.05) is 0 Å². The van der Waals surface area contributed by atoms with Crippen LogP contribution in [0.5, 0.6) is 0 Å². The van der Waals surface area contributed by atoms with Crippen molar-refractivity contribution in [2.45, 2.75) is 65.2 Å². The van der Waals surface area contributed by atoms with Crippen molar-refractivity contribution >= 4 is 10.8 Å². The number of rotatable bonds is 9. The first-order valence-electron chi connectivity index (χ1n) is 14.2. The van der Waals surface area contributed by atoms with E-state index in [1.165, 1.54) is 37.7 Å². The van der Waals surface area contributed by atoms with Crippen LogP contribution >= 0.6 is 0 Å². The van der Waals surface area contributed by atoms with Crippen LogP contribution in [0.2, 0.25) is 0 Å². The van der Waals surface area contributed by atoms with Crippen LogP contribution in [0.3, 0.4) is 0 Å².